The van der Waals surface area contributed by atoms with Crippen LogP contribution in [0.15, 0.2) is 42.5 Å². The quantitative estimate of drug-likeness (QED) is 0.734. The minimum atomic E-state index is -0.389. The van der Waals surface area contributed by atoms with Crippen molar-refractivity contribution in [2.24, 2.45) is 11.7 Å². The highest BCUT2D eigenvalue weighted by molar-refractivity contribution is 6.31. The van der Waals surface area contributed by atoms with E-state index in [2.05, 4.69) is 10.2 Å². The normalized spacial score (nSPS) is 16.8. The van der Waals surface area contributed by atoms with Gasteiger partial charge in [0.15, 0.2) is 0 Å². The molecular weight excluding hydrogens is 366 g/mol. The van der Waals surface area contributed by atoms with Gasteiger partial charge >= 0.3 is 0 Å². The number of nitrogens with zero attached hydrogens (tertiary/aromatic N) is 1. The molecule has 1 fully saturated rings. The van der Waals surface area contributed by atoms with E-state index in [1.807, 2.05) is 24.3 Å². The van der Waals surface area contributed by atoms with E-state index in [0.29, 0.717) is 18.1 Å². The van der Waals surface area contributed by atoms with Gasteiger partial charge in [-0.25, -0.2) is 0 Å². The number of benzene rings is 2. The van der Waals surface area contributed by atoms with Crippen molar-refractivity contribution in [2.45, 2.75) is 19.4 Å². The van der Waals surface area contributed by atoms with Crippen molar-refractivity contribution >= 4 is 29.1 Å². The molecule has 7 heteroatoms. The molecule has 6 nitrogen and oxygen atoms in total. The van der Waals surface area contributed by atoms with Gasteiger partial charge in [0.1, 0.15) is 5.75 Å². The average Bonchev–Trinajstić information content (AvgIpc) is 2.68. The summed E-state index contributed by atoms with van der Waals surface area (Å²) in [7, 11) is 0. The summed E-state index contributed by atoms with van der Waals surface area (Å²) >= 11 is 5.87. The number of nitrogens with one attached hydrogen (secondary N) is 1. The highest BCUT2D eigenvalue weighted by Gasteiger charge is 2.24. The van der Waals surface area contributed by atoms with Crippen LogP contribution in [0.1, 0.15) is 28.8 Å². The Bertz CT molecular complexity index is 839. The van der Waals surface area contributed by atoms with Gasteiger partial charge in [-0.2, -0.15) is 0 Å². The van der Waals surface area contributed by atoms with Crippen LogP contribution >= 0.6 is 11.6 Å². The van der Waals surface area contributed by atoms with Crippen molar-refractivity contribution in [2.75, 3.05) is 18.0 Å². The van der Waals surface area contributed by atoms with Crippen LogP contribution in [-0.2, 0) is 11.3 Å². The summed E-state index contributed by atoms with van der Waals surface area (Å²) in [5.74, 6) is -0.854. The maximum absolute atomic E-state index is 12.2. The standard InChI is InChI=1S/C20H22ClN3O3/c21-15-5-8-18(25)17(10-15)20(27)23-11-13-3-6-16(7-4-13)24-9-1-2-14(12-24)19(22)26/h3-8,10,14,25H,1-2,9,11-12H2,(H2,22,26)(H,23,27)/t14-/m1/s1. The lowest BCUT2D eigenvalue weighted by Gasteiger charge is -2.33. The van der Waals surface area contributed by atoms with E-state index in [4.69, 9.17) is 17.3 Å². The summed E-state index contributed by atoms with van der Waals surface area (Å²) in [6.07, 6.45) is 1.78. The van der Waals surface area contributed by atoms with Crippen molar-refractivity contribution in [3.63, 3.8) is 0 Å². The molecule has 0 unspecified atom stereocenters. The number of primary amides is 1. The second-order valence-corrected chi connectivity index (χ2v) is 7.13. The summed E-state index contributed by atoms with van der Waals surface area (Å²) in [5.41, 5.74) is 7.54. The number of nitrogens with two attached hydrogens (primary N) is 1. The Morgan fingerprint density at radius 1 is 1.22 bits per heavy atom. The van der Waals surface area contributed by atoms with Crippen LogP contribution < -0.4 is 16.0 Å². The molecule has 1 aliphatic heterocycles. The first-order valence-electron chi connectivity index (χ1n) is 8.84. The molecule has 2 aromatic rings. The molecule has 0 bridgehead atoms. The largest absolute Gasteiger partial charge is 0.507 e. The number of aromatic hydroxyl groups is 1. The van der Waals surface area contributed by atoms with Gasteiger partial charge in [0.25, 0.3) is 5.91 Å². The summed E-state index contributed by atoms with van der Waals surface area (Å²) in [4.78, 5) is 25.8. The van der Waals surface area contributed by atoms with Crippen LogP contribution in [0.2, 0.25) is 5.02 Å². The van der Waals surface area contributed by atoms with Crippen LogP contribution in [0.4, 0.5) is 5.69 Å². The second-order valence-electron chi connectivity index (χ2n) is 6.70. The number of phenols is 1. The number of hydrogen-bond donors (Lipinski definition) is 3. The molecule has 0 radical (unpaired) electrons. The van der Waals surface area contributed by atoms with Crippen LogP contribution in [0.25, 0.3) is 0 Å². The molecule has 27 heavy (non-hydrogen) atoms. The predicted molar refractivity (Wildman–Crippen MR) is 105 cm³/mol. The van der Waals surface area contributed by atoms with E-state index >= 15 is 0 Å². The van der Waals surface area contributed by atoms with E-state index in [1.54, 1.807) is 0 Å². The van der Waals surface area contributed by atoms with E-state index in [-0.39, 0.29) is 29.0 Å². The third-order valence-electron chi connectivity index (χ3n) is 4.78. The fourth-order valence-corrected chi connectivity index (χ4v) is 3.41. The van der Waals surface area contributed by atoms with Gasteiger partial charge in [-0.3, -0.25) is 9.59 Å². The highest BCUT2D eigenvalue weighted by Crippen LogP contribution is 2.24. The zero-order valence-electron chi connectivity index (χ0n) is 14.8. The lowest BCUT2D eigenvalue weighted by atomic mass is 9.97. The zero-order chi connectivity index (χ0) is 19.4. The van der Waals surface area contributed by atoms with Gasteiger partial charge in [0.2, 0.25) is 5.91 Å². The van der Waals surface area contributed by atoms with Gasteiger partial charge in [-0.05, 0) is 48.7 Å². The number of carbonyl (C=O) groups excluding carboxylic acids is 2. The molecule has 142 valence electrons. The first-order chi connectivity index (χ1) is 12.9. The molecule has 2 amide bonds. The molecule has 2 aromatic carbocycles. The van der Waals surface area contributed by atoms with Crippen LogP contribution in [-0.4, -0.2) is 30.0 Å². The number of hydrogen-bond acceptors (Lipinski definition) is 4. The Morgan fingerprint density at radius 3 is 2.67 bits per heavy atom. The molecule has 0 aliphatic carbocycles. The SMILES string of the molecule is NC(=O)[C@@H]1CCCN(c2ccc(CNC(=O)c3cc(Cl)ccc3O)cc2)C1. The number of anilines is 1. The van der Waals surface area contributed by atoms with Crippen molar-refractivity contribution in [3.05, 3.63) is 58.6 Å². The third kappa shape index (κ3) is 4.71. The summed E-state index contributed by atoms with van der Waals surface area (Å²) in [6, 6.07) is 12.2. The maximum Gasteiger partial charge on any atom is 0.255 e. The lowest BCUT2D eigenvalue weighted by Crippen LogP contribution is -2.41. The fraction of sp³-hybridized carbons (Fsp3) is 0.300. The van der Waals surface area contributed by atoms with Gasteiger partial charge in [-0.15, -0.1) is 0 Å². The molecule has 4 N–H and O–H groups in total. The van der Waals surface area contributed by atoms with Gasteiger partial charge in [-0.1, -0.05) is 23.7 Å². The van der Waals surface area contributed by atoms with E-state index in [9.17, 15) is 14.7 Å². The third-order valence-corrected chi connectivity index (χ3v) is 5.02. The lowest BCUT2D eigenvalue weighted by molar-refractivity contribution is -0.122. The van der Waals surface area contributed by atoms with Gasteiger partial charge in [0.05, 0.1) is 11.5 Å². The monoisotopic (exact) mass is 387 g/mol. The topological polar surface area (TPSA) is 95.7 Å². The molecule has 0 spiro atoms. The second kappa shape index (κ2) is 8.31. The van der Waals surface area contributed by atoms with Crippen molar-refractivity contribution < 1.29 is 14.7 Å². The summed E-state index contributed by atoms with van der Waals surface area (Å²) in [5, 5.41) is 12.9. The summed E-state index contributed by atoms with van der Waals surface area (Å²) < 4.78 is 0. The van der Waals surface area contributed by atoms with Crippen LogP contribution in [0, 0.1) is 5.92 Å². The Labute approximate surface area is 162 Å². The molecule has 3 rings (SSSR count). The zero-order valence-corrected chi connectivity index (χ0v) is 15.6. The number of halogens is 1. The molecule has 0 saturated carbocycles. The molecule has 1 atom stereocenters. The Kier molecular flexibility index (Phi) is 5.86. The number of carbonyl (C=O) groups is 2. The fourth-order valence-electron chi connectivity index (χ4n) is 3.24. The number of piperidine rings is 1. The molecule has 1 heterocycles. The van der Waals surface area contributed by atoms with Crippen molar-refractivity contribution in [1.29, 1.82) is 0 Å². The number of rotatable bonds is 5. The number of amides is 2. The smallest absolute Gasteiger partial charge is 0.255 e. The number of phenolic OH excluding ortho intramolecular Hbond substituents is 1. The van der Waals surface area contributed by atoms with E-state index < -0.39 is 0 Å². The summed E-state index contributed by atoms with van der Waals surface area (Å²) in [6.45, 7) is 1.86. The van der Waals surface area contributed by atoms with Crippen molar-refractivity contribution in [3.8, 4) is 5.75 Å². The van der Waals surface area contributed by atoms with E-state index in [1.165, 1.54) is 18.2 Å². The first-order valence-corrected chi connectivity index (χ1v) is 9.22. The predicted octanol–water partition coefficient (Wildman–Crippen LogP) is 2.68. The Morgan fingerprint density at radius 2 is 1.96 bits per heavy atom. The maximum atomic E-state index is 12.2. The highest BCUT2D eigenvalue weighted by atomic mass is 35.5. The Balaban J connectivity index is 1.60. The minimum absolute atomic E-state index is 0.108. The molecule has 0 aromatic heterocycles. The molecular formula is C20H22ClN3O3. The van der Waals surface area contributed by atoms with Crippen molar-refractivity contribution in [1.82, 2.24) is 5.32 Å². The average molecular weight is 388 g/mol. The minimum Gasteiger partial charge on any atom is -0.507 e. The first kappa shape index (κ1) is 19.0. The van der Waals surface area contributed by atoms with Crippen LogP contribution in [0.3, 0.4) is 0 Å². The van der Waals surface area contributed by atoms with Crippen LogP contribution in [0.5, 0.6) is 5.75 Å². The molecule has 1 saturated heterocycles. The Hall–Kier alpha value is -2.73. The van der Waals surface area contributed by atoms with Gasteiger partial charge in [0, 0.05) is 30.3 Å². The van der Waals surface area contributed by atoms with Gasteiger partial charge < -0.3 is 21.1 Å². The van der Waals surface area contributed by atoms with E-state index in [0.717, 1.165) is 30.6 Å². The molecule has 1 aliphatic rings.